The number of hydrogen-bond acceptors (Lipinski definition) is 8. The number of amides is 1. The number of carbonyl (C=O) groups is 1. The van der Waals surface area contributed by atoms with E-state index in [1.165, 1.54) is 50.5 Å². The molecule has 0 unspecified atom stereocenters. The predicted molar refractivity (Wildman–Crippen MR) is 112 cm³/mol. The van der Waals surface area contributed by atoms with E-state index in [4.69, 9.17) is 4.42 Å². The Morgan fingerprint density at radius 3 is 2.19 bits per heavy atom. The third-order valence-electron chi connectivity index (χ3n) is 4.27. The molecule has 10 nitrogen and oxygen atoms in total. The van der Waals surface area contributed by atoms with Crippen LogP contribution < -0.4 is 5.32 Å². The number of anilines is 1. The molecule has 3 aromatic rings. The van der Waals surface area contributed by atoms with Gasteiger partial charge in [0.15, 0.2) is 9.84 Å². The predicted octanol–water partition coefficient (Wildman–Crippen LogP) is 1.59. The molecule has 0 spiro atoms. The number of carbonyl (C=O) groups excluding carboxylic acids is 1. The van der Waals surface area contributed by atoms with Gasteiger partial charge in [0.25, 0.3) is 5.91 Å². The minimum atomic E-state index is -3.60. The Bertz CT molecular complexity index is 1270. The van der Waals surface area contributed by atoms with Gasteiger partial charge in [-0.25, -0.2) is 21.1 Å². The van der Waals surface area contributed by atoms with E-state index in [-0.39, 0.29) is 39.4 Å². The molecule has 2 aromatic carbocycles. The number of benzene rings is 2. The van der Waals surface area contributed by atoms with Crippen molar-refractivity contribution in [3.05, 3.63) is 66.1 Å². The van der Waals surface area contributed by atoms with E-state index in [0.717, 1.165) is 4.31 Å². The van der Waals surface area contributed by atoms with Crippen LogP contribution in [0, 0.1) is 0 Å². The fraction of sp³-hybridized carbons (Fsp3) is 0.211. The molecule has 0 saturated heterocycles. The molecule has 0 fully saturated rings. The van der Waals surface area contributed by atoms with Crippen LogP contribution in [0.5, 0.6) is 0 Å². The highest BCUT2D eigenvalue weighted by Crippen LogP contribution is 2.16. The van der Waals surface area contributed by atoms with Crippen molar-refractivity contribution in [3.8, 4) is 0 Å². The Labute approximate surface area is 179 Å². The van der Waals surface area contributed by atoms with Crippen molar-refractivity contribution in [1.29, 1.82) is 0 Å². The van der Waals surface area contributed by atoms with Crippen LogP contribution in [-0.2, 0) is 26.3 Å². The summed E-state index contributed by atoms with van der Waals surface area (Å²) in [6.45, 7) is 0. The summed E-state index contributed by atoms with van der Waals surface area (Å²) in [5.74, 6) is -0.753. The lowest BCUT2D eigenvalue weighted by Gasteiger charge is -2.11. The fourth-order valence-electron chi connectivity index (χ4n) is 2.53. The molecule has 1 N–H and O–H groups in total. The summed E-state index contributed by atoms with van der Waals surface area (Å²) < 4.78 is 55.1. The van der Waals surface area contributed by atoms with Gasteiger partial charge in [0.05, 0.1) is 15.5 Å². The number of sulfone groups is 1. The van der Waals surface area contributed by atoms with Crippen LogP contribution in [-0.4, -0.2) is 57.1 Å². The minimum Gasteiger partial charge on any atom is -0.408 e. The van der Waals surface area contributed by atoms with Crippen molar-refractivity contribution in [2.24, 2.45) is 0 Å². The third kappa shape index (κ3) is 5.34. The summed E-state index contributed by atoms with van der Waals surface area (Å²) in [5, 5.41) is 9.83. The molecule has 3 rings (SSSR count). The summed E-state index contributed by atoms with van der Waals surface area (Å²) in [6.07, 6.45) is -0.0167. The van der Waals surface area contributed by atoms with Crippen molar-refractivity contribution >= 4 is 31.8 Å². The Morgan fingerprint density at radius 1 is 0.935 bits per heavy atom. The van der Waals surface area contributed by atoms with Crippen LogP contribution in [0.2, 0.25) is 0 Å². The van der Waals surface area contributed by atoms with E-state index in [9.17, 15) is 21.6 Å². The molecular weight excluding hydrogens is 444 g/mol. The average molecular weight is 465 g/mol. The second kappa shape index (κ2) is 8.96. The Kier molecular flexibility index (Phi) is 6.53. The largest absolute Gasteiger partial charge is 0.408 e. The maximum atomic E-state index is 12.3. The standard InChI is InChI=1S/C19H20N4O6S2/c1-23(2)31(27,28)16-10-8-14(9-11-16)18(24)20-19-22-21-17(29-19)12-13-30(25,26)15-6-4-3-5-7-15/h3-11H,12-13H2,1-2H3,(H,20,22,24). The second-order valence-electron chi connectivity index (χ2n) is 6.65. The summed E-state index contributed by atoms with van der Waals surface area (Å²) in [4.78, 5) is 12.6. The third-order valence-corrected chi connectivity index (χ3v) is 7.83. The molecule has 0 aliphatic heterocycles. The van der Waals surface area contributed by atoms with Crippen molar-refractivity contribution < 1.29 is 26.0 Å². The van der Waals surface area contributed by atoms with Gasteiger partial charge in [0, 0.05) is 26.1 Å². The van der Waals surface area contributed by atoms with Crippen LogP contribution in [0.3, 0.4) is 0 Å². The smallest absolute Gasteiger partial charge is 0.322 e. The van der Waals surface area contributed by atoms with Gasteiger partial charge in [0.1, 0.15) is 0 Å². The Balaban J connectivity index is 1.62. The summed E-state index contributed by atoms with van der Waals surface area (Å²) in [7, 11) is -4.29. The van der Waals surface area contributed by atoms with E-state index in [2.05, 4.69) is 15.5 Å². The summed E-state index contributed by atoms with van der Waals surface area (Å²) >= 11 is 0. The highest BCUT2D eigenvalue weighted by Gasteiger charge is 2.19. The lowest BCUT2D eigenvalue weighted by molar-refractivity contribution is 0.102. The molecule has 0 radical (unpaired) electrons. The van der Waals surface area contributed by atoms with Gasteiger partial charge in [-0.3, -0.25) is 10.1 Å². The molecule has 0 atom stereocenters. The molecule has 12 heteroatoms. The molecule has 0 saturated carbocycles. The van der Waals surface area contributed by atoms with E-state index in [0.29, 0.717) is 0 Å². The Hall–Kier alpha value is -3.09. The van der Waals surface area contributed by atoms with Gasteiger partial charge < -0.3 is 4.42 Å². The quantitative estimate of drug-likeness (QED) is 0.530. The van der Waals surface area contributed by atoms with Crippen molar-refractivity contribution in [3.63, 3.8) is 0 Å². The van der Waals surface area contributed by atoms with E-state index >= 15 is 0 Å². The minimum absolute atomic E-state index is 0.0167. The first-order valence-corrected chi connectivity index (χ1v) is 12.1. The van der Waals surface area contributed by atoms with Gasteiger partial charge >= 0.3 is 6.01 Å². The zero-order valence-electron chi connectivity index (χ0n) is 16.7. The first-order chi connectivity index (χ1) is 14.6. The molecule has 0 aliphatic carbocycles. The van der Waals surface area contributed by atoms with E-state index < -0.39 is 25.8 Å². The van der Waals surface area contributed by atoms with Gasteiger partial charge in [-0.1, -0.05) is 23.3 Å². The average Bonchev–Trinajstić information content (AvgIpc) is 3.20. The van der Waals surface area contributed by atoms with Crippen LogP contribution in [0.4, 0.5) is 6.01 Å². The van der Waals surface area contributed by atoms with Crippen molar-refractivity contribution in [2.45, 2.75) is 16.2 Å². The highest BCUT2D eigenvalue weighted by molar-refractivity contribution is 7.91. The summed E-state index contributed by atoms with van der Waals surface area (Å²) in [6, 6.07) is 13.2. The number of hydrogen-bond donors (Lipinski definition) is 1. The first kappa shape index (κ1) is 22.6. The number of aromatic nitrogens is 2. The maximum absolute atomic E-state index is 12.3. The zero-order valence-corrected chi connectivity index (χ0v) is 18.4. The van der Waals surface area contributed by atoms with Crippen LogP contribution in [0.1, 0.15) is 16.2 Å². The normalized spacial score (nSPS) is 12.1. The SMILES string of the molecule is CN(C)S(=O)(=O)c1ccc(C(=O)Nc2nnc(CCS(=O)(=O)c3ccccc3)o2)cc1. The van der Waals surface area contributed by atoms with Crippen LogP contribution in [0.15, 0.2) is 68.8 Å². The van der Waals surface area contributed by atoms with Crippen LogP contribution >= 0.6 is 0 Å². The Morgan fingerprint density at radius 2 is 1.58 bits per heavy atom. The van der Waals surface area contributed by atoms with Crippen molar-refractivity contribution in [1.82, 2.24) is 14.5 Å². The second-order valence-corrected chi connectivity index (χ2v) is 10.9. The zero-order chi connectivity index (χ0) is 22.6. The fourth-order valence-corrected chi connectivity index (χ4v) is 4.68. The van der Waals surface area contributed by atoms with Gasteiger partial charge in [-0.05, 0) is 36.4 Å². The first-order valence-electron chi connectivity index (χ1n) is 9.04. The molecule has 31 heavy (non-hydrogen) atoms. The number of sulfonamides is 1. The van der Waals surface area contributed by atoms with Gasteiger partial charge in [0.2, 0.25) is 15.9 Å². The lowest BCUT2D eigenvalue weighted by atomic mass is 10.2. The molecule has 0 bridgehead atoms. The summed E-state index contributed by atoms with van der Waals surface area (Å²) in [5.41, 5.74) is 0.184. The molecular formula is C19H20N4O6S2. The molecule has 1 amide bonds. The number of aryl methyl sites for hydroxylation is 1. The monoisotopic (exact) mass is 464 g/mol. The van der Waals surface area contributed by atoms with E-state index in [1.54, 1.807) is 18.2 Å². The molecule has 1 aromatic heterocycles. The number of nitrogens with one attached hydrogen (secondary N) is 1. The van der Waals surface area contributed by atoms with Crippen molar-refractivity contribution in [2.75, 3.05) is 25.2 Å². The van der Waals surface area contributed by atoms with E-state index in [1.807, 2.05) is 0 Å². The van der Waals surface area contributed by atoms with Gasteiger partial charge in [-0.2, -0.15) is 0 Å². The topological polar surface area (TPSA) is 140 Å². The maximum Gasteiger partial charge on any atom is 0.322 e. The number of rotatable bonds is 8. The molecule has 1 heterocycles. The molecule has 0 aliphatic rings. The van der Waals surface area contributed by atoms with Crippen LogP contribution in [0.25, 0.3) is 0 Å². The van der Waals surface area contributed by atoms with Gasteiger partial charge in [-0.15, -0.1) is 5.10 Å². The molecule has 164 valence electrons. The lowest BCUT2D eigenvalue weighted by Crippen LogP contribution is -2.22. The number of nitrogens with zero attached hydrogens (tertiary/aromatic N) is 3. The highest BCUT2D eigenvalue weighted by atomic mass is 32.2.